The van der Waals surface area contributed by atoms with Crippen molar-refractivity contribution in [1.82, 2.24) is 34.9 Å². The van der Waals surface area contributed by atoms with E-state index in [0.717, 1.165) is 44.2 Å². The van der Waals surface area contributed by atoms with Crippen LogP contribution in [0.15, 0.2) is 53.2 Å². The minimum absolute atomic E-state index is 0.0453. The number of ether oxygens (including phenoxy) is 1. The van der Waals surface area contributed by atoms with E-state index < -0.39 is 18.0 Å². The maximum Gasteiger partial charge on any atom is 0.319 e. The number of fused-ring (bicyclic) bond motifs is 3. The van der Waals surface area contributed by atoms with Crippen LogP contribution in [0.1, 0.15) is 56.2 Å². The molecule has 3 aromatic heterocycles. The highest BCUT2D eigenvalue weighted by Crippen LogP contribution is 2.42. The minimum atomic E-state index is -0.971. The Balaban J connectivity index is 1.05. The number of nitrogens with zero attached hydrogens (tertiary/aromatic N) is 9. The van der Waals surface area contributed by atoms with Crippen LogP contribution in [0.4, 0.5) is 14.6 Å². The fourth-order valence-electron chi connectivity index (χ4n) is 8.42. The van der Waals surface area contributed by atoms with E-state index in [0.29, 0.717) is 46.7 Å². The Hall–Kier alpha value is -5.26. The molecule has 15 heteroatoms. The number of hydrogen-bond acceptors (Lipinski definition) is 11. The Morgan fingerprint density at radius 2 is 1.91 bits per heavy atom. The Morgan fingerprint density at radius 1 is 1.11 bits per heavy atom. The summed E-state index contributed by atoms with van der Waals surface area (Å²) in [7, 11) is 0. The van der Waals surface area contributed by atoms with Crippen LogP contribution < -0.4 is 9.64 Å². The number of carbonyl (C=O) groups excluding carboxylic acids is 1. The number of halogens is 3. The van der Waals surface area contributed by atoms with Crippen LogP contribution in [0.3, 0.4) is 0 Å². The average Bonchev–Trinajstić information content (AvgIpc) is 3.49. The zero-order valence-electron chi connectivity index (χ0n) is 29.3. The fourth-order valence-corrected chi connectivity index (χ4v) is 8.70. The number of anilines is 1. The third kappa shape index (κ3) is 6.18. The van der Waals surface area contributed by atoms with Gasteiger partial charge in [0, 0.05) is 54.0 Å². The van der Waals surface area contributed by atoms with Crippen molar-refractivity contribution in [1.29, 1.82) is 5.26 Å². The van der Waals surface area contributed by atoms with Crippen LogP contribution >= 0.6 is 11.6 Å². The van der Waals surface area contributed by atoms with Gasteiger partial charge in [0.25, 0.3) is 5.89 Å². The predicted molar refractivity (Wildman–Crippen MR) is 197 cm³/mol. The summed E-state index contributed by atoms with van der Waals surface area (Å²) in [6, 6.07) is 12.8. The van der Waals surface area contributed by atoms with Crippen molar-refractivity contribution >= 4 is 51.1 Å². The molecule has 2 aromatic carbocycles. The lowest BCUT2D eigenvalue weighted by Crippen LogP contribution is -2.55. The smallest absolute Gasteiger partial charge is 0.319 e. The normalized spacial score (nSPS) is 22.3. The first-order chi connectivity index (χ1) is 26.3. The molecule has 3 saturated heterocycles. The zero-order chi connectivity index (χ0) is 37.0. The van der Waals surface area contributed by atoms with E-state index in [1.54, 1.807) is 23.2 Å². The van der Waals surface area contributed by atoms with E-state index in [2.05, 4.69) is 31.1 Å². The molecule has 1 amide bonds. The van der Waals surface area contributed by atoms with Gasteiger partial charge in [0.1, 0.15) is 29.8 Å². The van der Waals surface area contributed by atoms with Gasteiger partial charge in [0.05, 0.1) is 35.4 Å². The Kier molecular flexibility index (Phi) is 8.86. The SMILES string of the molecule is N#CC[C@H]1CN(c2nc(OCC34CCCN3CCC4)nc3c(F)c(-c4cccc5cccc(Cl)c45)ncc23)CCN1C(=O)/C=C/c1nc([C@H]2C[C@@H]2F)no1. The van der Waals surface area contributed by atoms with Crippen LogP contribution in [0, 0.1) is 17.1 Å². The first kappa shape index (κ1) is 34.5. The molecule has 0 unspecified atom stereocenters. The molecule has 1 saturated carbocycles. The number of rotatable bonds is 9. The van der Waals surface area contributed by atoms with Gasteiger partial charge in [-0.1, -0.05) is 47.1 Å². The largest absolute Gasteiger partial charge is 0.461 e. The summed E-state index contributed by atoms with van der Waals surface area (Å²) in [5, 5.41) is 16.0. The van der Waals surface area contributed by atoms with Gasteiger partial charge in [-0.25, -0.2) is 8.78 Å². The second kappa shape index (κ2) is 13.9. The van der Waals surface area contributed by atoms with Gasteiger partial charge in [-0.05, 0) is 56.6 Å². The molecule has 4 aliphatic rings. The third-order valence-electron chi connectivity index (χ3n) is 11.3. The standard InChI is InChI=1S/C39H36ClF2N9O3/c40-28-8-2-6-23-5-1-7-25(32(23)28)34-33(42)35-27(20-44-34)37(47-38(46-35)53-22-39-12-3-15-50(39)16-4-13-39)49-17-18-51(24(21-49)11-14-43)31(52)10-9-30-45-36(48-54-30)26-19-29(26)41/h1-2,5-10,20,24,26,29H,3-4,11-13,15-19,21-22H2/b10-9+/t24-,26-,29-/m0/s1. The summed E-state index contributed by atoms with van der Waals surface area (Å²) in [5.41, 5.74) is 0.608. The summed E-state index contributed by atoms with van der Waals surface area (Å²) in [6.07, 6.45) is 7.95. The van der Waals surface area contributed by atoms with Crippen molar-refractivity contribution < 1.29 is 22.8 Å². The Labute approximate surface area is 314 Å². The molecular weight excluding hydrogens is 716 g/mol. The quantitative estimate of drug-likeness (QED) is 0.153. The van der Waals surface area contributed by atoms with Gasteiger partial charge in [0.15, 0.2) is 11.6 Å². The molecule has 0 spiro atoms. The summed E-state index contributed by atoms with van der Waals surface area (Å²) in [5.74, 6) is -0.542. The minimum Gasteiger partial charge on any atom is -0.461 e. The van der Waals surface area contributed by atoms with Gasteiger partial charge in [-0.3, -0.25) is 14.7 Å². The molecule has 12 nitrogen and oxygen atoms in total. The van der Waals surface area contributed by atoms with Crippen LogP contribution in [-0.2, 0) is 4.79 Å². The van der Waals surface area contributed by atoms with Crippen molar-refractivity contribution in [3.8, 4) is 23.3 Å². The van der Waals surface area contributed by atoms with Crippen LogP contribution in [0.5, 0.6) is 6.01 Å². The lowest BCUT2D eigenvalue weighted by atomic mass is 9.95. The van der Waals surface area contributed by atoms with Gasteiger partial charge < -0.3 is 19.1 Å². The molecule has 54 heavy (non-hydrogen) atoms. The van der Waals surface area contributed by atoms with Crippen molar-refractivity contribution in [3.63, 3.8) is 0 Å². The highest BCUT2D eigenvalue weighted by Gasteiger charge is 2.45. The number of hydrogen-bond donors (Lipinski definition) is 0. The number of piperazine rings is 1. The van der Waals surface area contributed by atoms with E-state index in [1.807, 2.05) is 29.2 Å². The maximum atomic E-state index is 16.9. The lowest BCUT2D eigenvalue weighted by Gasteiger charge is -2.41. The molecule has 3 aliphatic heterocycles. The molecule has 6 heterocycles. The van der Waals surface area contributed by atoms with E-state index in [-0.39, 0.29) is 65.8 Å². The van der Waals surface area contributed by atoms with Crippen LogP contribution in [0.25, 0.3) is 39.0 Å². The topological polar surface area (TPSA) is 137 Å². The van der Waals surface area contributed by atoms with Crippen molar-refractivity contribution in [2.24, 2.45) is 0 Å². The Bertz CT molecular complexity index is 2330. The molecule has 0 radical (unpaired) electrons. The molecule has 1 aliphatic carbocycles. The van der Waals surface area contributed by atoms with Crippen molar-refractivity contribution in [2.45, 2.75) is 62.2 Å². The zero-order valence-corrected chi connectivity index (χ0v) is 30.1. The summed E-state index contributed by atoms with van der Waals surface area (Å²) in [4.78, 5) is 37.8. The Morgan fingerprint density at radius 3 is 2.69 bits per heavy atom. The third-order valence-corrected chi connectivity index (χ3v) is 11.6. The van der Waals surface area contributed by atoms with Gasteiger partial charge in [-0.15, -0.1) is 0 Å². The second-order valence-electron chi connectivity index (χ2n) is 14.5. The maximum absolute atomic E-state index is 16.9. The van der Waals surface area contributed by atoms with Gasteiger partial charge in [0.2, 0.25) is 5.91 Å². The van der Waals surface area contributed by atoms with E-state index >= 15 is 4.39 Å². The van der Waals surface area contributed by atoms with Crippen LogP contribution in [0.2, 0.25) is 5.02 Å². The molecule has 9 rings (SSSR count). The molecule has 0 N–H and O–H groups in total. The van der Waals surface area contributed by atoms with Crippen molar-refractivity contribution in [3.05, 3.63) is 71.2 Å². The summed E-state index contributed by atoms with van der Waals surface area (Å²) in [6.45, 7) is 3.26. The number of nitriles is 1. The van der Waals surface area contributed by atoms with Gasteiger partial charge in [-0.2, -0.15) is 20.2 Å². The fraction of sp³-hybridized carbons (Fsp3) is 0.410. The number of amides is 1. The summed E-state index contributed by atoms with van der Waals surface area (Å²) >= 11 is 6.64. The van der Waals surface area contributed by atoms with Crippen LogP contribution in [-0.4, -0.2) is 97.9 Å². The van der Waals surface area contributed by atoms with Gasteiger partial charge >= 0.3 is 6.01 Å². The first-order valence-corrected chi connectivity index (χ1v) is 18.7. The summed E-state index contributed by atoms with van der Waals surface area (Å²) < 4.78 is 42.0. The highest BCUT2D eigenvalue weighted by atomic mass is 35.5. The number of alkyl halides is 1. The predicted octanol–water partition coefficient (Wildman–Crippen LogP) is 6.50. The first-order valence-electron chi connectivity index (χ1n) is 18.3. The average molecular weight is 752 g/mol. The molecule has 5 aromatic rings. The molecule has 0 bridgehead atoms. The highest BCUT2D eigenvalue weighted by molar-refractivity contribution is 6.36. The van der Waals surface area contributed by atoms with E-state index in [4.69, 9.17) is 25.8 Å². The number of benzene rings is 2. The number of pyridine rings is 1. The molecule has 4 fully saturated rings. The lowest BCUT2D eigenvalue weighted by molar-refractivity contribution is -0.128. The molecule has 276 valence electrons. The van der Waals surface area contributed by atoms with E-state index in [9.17, 15) is 14.4 Å². The second-order valence-corrected chi connectivity index (χ2v) is 14.9. The molecular formula is C39H36ClF2N9O3. The number of carbonyl (C=O) groups is 1. The van der Waals surface area contributed by atoms with E-state index in [1.165, 1.54) is 12.2 Å². The monoisotopic (exact) mass is 751 g/mol. The molecule has 3 atom stereocenters. The van der Waals surface area contributed by atoms with Crippen molar-refractivity contribution in [2.75, 3.05) is 44.2 Å². The number of aromatic nitrogens is 5.